The Labute approximate surface area is 257 Å². The number of furan rings is 1. The Balaban J connectivity index is 1.39. The largest absolute Gasteiger partial charge is 0.493 e. The fourth-order valence-electron chi connectivity index (χ4n) is 5.11. The van der Waals surface area contributed by atoms with Gasteiger partial charge >= 0.3 is 0 Å². The number of benzene rings is 4. The van der Waals surface area contributed by atoms with Crippen LogP contribution in [0.1, 0.15) is 52.8 Å². The first-order valence-corrected chi connectivity index (χ1v) is 14.4. The van der Waals surface area contributed by atoms with E-state index < -0.39 is 6.10 Å². The molecule has 0 saturated heterocycles. The number of allylic oxidation sites excluding steroid dienone is 1. The van der Waals surface area contributed by atoms with Crippen LogP contribution < -0.4 is 19.5 Å². The van der Waals surface area contributed by atoms with Gasteiger partial charge in [0.1, 0.15) is 6.10 Å². The van der Waals surface area contributed by atoms with Crippen LogP contribution in [0.15, 0.2) is 108 Å². The molecule has 1 N–H and O–H groups in total. The molecular weight excluding hydrogens is 554 g/mol. The van der Waals surface area contributed by atoms with Gasteiger partial charge < -0.3 is 23.9 Å². The van der Waals surface area contributed by atoms with Gasteiger partial charge in [0.25, 0.3) is 0 Å². The molecule has 44 heavy (non-hydrogen) atoms. The number of nitrogens with one attached hydrogen (secondary N) is 1. The maximum absolute atomic E-state index is 12.9. The van der Waals surface area contributed by atoms with E-state index in [0.29, 0.717) is 41.2 Å². The Kier molecular flexibility index (Phi) is 9.45. The zero-order chi connectivity index (χ0) is 31.1. The van der Waals surface area contributed by atoms with Crippen molar-refractivity contribution in [3.8, 4) is 17.2 Å². The fraction of sp³-hybridized carbons (Fsp3) is 0.189. The van der Waals surface area contributed by atoms with E-state index in [1.807, 2.05) is 97.9 Å². The molecular formula is C37H35NO6. The maximum Gasteiger partial charge on any atom is 0.244 e. The minimum Gasteiger partial charge on any atom is -0.493 e. The molecule has 224 valence electrons. The van der Waals surface area contributed by atoms with Gasteiger partial charge in [-0.25, -0.2) is 0 Å². The van der Waals surface area contributed by atoms with Gasteiger partial charge in [0.05, 0.1) is 14.2 Å². The van der Waals surface area contributed by atoms with Crippen molar-refractivity contribution in [1.29, 1.82) is 0 Å². The summed E-state index contributed by atoms with van der Waals surface area (Å²) in [5.74, 6) is 1.61. The lowest BCUT2D eigenvalue weighted by atomic mass is 10.00. The van der Waals surface area contributed by atoms with Crippen molar-refractivity contribution in [2.45, 2.75) is 26.4 Å². The molecule has 7 nitrogen and oxygen atoms in total. The number of fused-ring (bicyclic) bond motifs is 1. The second-order valence-corrected chi connectivity index (χ2v) is 10.4. The van der Waals surface area contributed by atoms with Gasteiger partial charge in [-0.1, -0.05) is 72.8 Å². The summed E-state index contributed by atoms with van der Waals surface area (Å²) in [6, 6.07) is 31.0. The monoisotopic (exact) mass is 589 g/mol. The molecule has 1 aromatic heterocycles. The molecule has 0 spiro atoms. The number of rotatable bonds is 12. The number of methoxy groups -OCH3 is 2. The molecule has 1 amide bonds. The molecule has 0 fully saturated rings. The van der Waals surface area contributed by atoms with Crippen LogP contribution in [-0.4, -0.2) is 32.5 Å². The van der Waals surface area contributed by atoms with Crippen LogP contribution in [0.4, 0.5) is 0 Å². The van der Waals surface area contributed by atoms with E-state index in [4.69, 9.17) is 18.6 Å². The Morgan fingerprint density at radius 3 is 2.05 bits per heavy atom. The van der Waals surface area contributed by atoms with Gasteiger partial charge in [-0.05, 0) is 65.4 Å². The van der Waals surface area contributed by atoms with E-state index in [1.165, 1.54) is 6.92 Å². The predicted molar refractivity (Wildman–Crippen MR) is 171 cm³/mol. The van der Waals surface area contributed by atoms with E-state index in [2.05, 4.69) is 5.32 Å². The Hall–Kier alpha value is -5.30. The lowest BCUT2D eigenvalue weighted by Gasteiger charge is -2.21. The third-order valence-corrected chi connectivity index (χ3v) is 7.38. The summed E-state index contributed by atoms with van der Waals surface area (Å²) in [6.07, 6.45) is 1.79. The zero-order valence-electron chi connectivity index (χ0n) is 25.3. The number of Topliss-reactive ketones (excluding diaryl/α,β-unsaturated/α-hetero) is 1. The van der Waals surface area contributed by atoms with E-state index in [0.717, 1.165) is 27.8 Å². The van der Waals surface area contributed by atoms with Crippen molar-refractivity contribution in [2.24, 2.45) is 0 Å². The molecule has 0 saturated carbocycles. The van der Waals surface area contributed by atoms with Gasteiger partial charge in [-0.15, -0.1) is 0 Å². The number of ketones is 1. The van der Waals surface area contributed by atoms with E-state index in [1.54, 1.807) is 26.4 Å². The summed E-state index contributed by atoms with van der Waals surface area (Å²) in [5.41, 5.74) is 4.93. The first kappa shape index (κ1) is 30.2. The summed E-state index contributed by atoms with van der Waals surface area (Å²) < 4.78 is 23.3. The number of amides is 1. The van der Waals surface area contributed by atoms with Crippen molar-refractivity contribution < 1.29 is 28.2 Å². The van der Waals surface area contributed by atoms with Crippen LogP contribution in [0.5, 0.6) is 17.2 Å². The number of hydrogen-bond donors (Lipinski definition) is 1. The molecule has 4 aromatic carbocycles. The van der Waals surface area contributed by atoms with Crippen molar-refractivity contribution in [3.63, 3.8) is 0 Å². The normalized spacial score (nSPS) is 11.4. The number of carbonyl (C=O) groups excluding carboxylic acids is 2. The lowest BCUT2D eigenvalue weighted by molar-refractivity contribution is -0.116. The molecule has 0 aliphatic rings. The van der Waals surface area contributed by atoms with E-state index >= 15 is 0 Å². The minimum atomic E-state index is -0.398. The highest BCUT2D eigenvalue weighted by Crippen LogP contribution is 2.38. The van der Waals surface area contributed by atoms with Crippen molar-refractivity contribution >= 4 is 28.2 Å². The van der Waals surface area contributed by atoms with Gasteiger partial charge in [0, 0.05) is 24.9 Å². The zero-order valence-corrected chi connectivity index (χ0v) is 25.3. The van der Waals surface area contributed by atoms with Crippen LogP contribution in [0.3, 0.4) is 0 Å². The summed E-state index contributed by atoms with van der Waals surface area (Å²) in [5, 5.41) is 3.65. The first-order chi connectivity index (χ1) is 21.4. The number of hydrogen-bond acceptors (Lipinski definition) is 6. The number of carbonyl (C=O) groups is 2. The summed E-state index contributed by atoms with van der Waals surface area (Å²) in [7, 11) is 3.19. The topological polar surface area (TPSA) is 87.0 Å². The van der Waals surface area contributed by atoms with E-state index in [-0.39, 0.29) is 17.5 Å². The molecule has 0 bridgehead atoms. The van der Waals surface area contributed by atoms with Gasteiger partial charge in [0.2, 0.25) is 5.91 Å². The van der Waals surface area contributed by atoms with Crippen molar-refractivity contribution in [1.82, 2.24) is 5.32 Å². The quantitative estimate of drug-likeness (QED) is 0.119. The molecule has 0 atom stereocenters. The first-order valence-electron chi connectivity index (χ1n) is 14.4. The van der Waals surface area contributed by atoms with Gasteiger partial charge in [0.15, 0.2) is 34.4 Å². The van der Waals surface area contributed by atoms with Crippen LogP contribution in [-0.2, 0) is 11.2 Å². The van der Waals surface area contributed by atoms with E-state index in [9.17, 15) is 9.59 Å². The highest BCUT2D eigenvalue weighted by atomic mass is 16.5. The molecule has 0 aliphatic heterocycles. The van der Waals surface area contributed by atoms with Crippen LogP contribution in [0.2, 0.25) is 0 Å². The predicted octanol–water partition coefficient (Wildman–Crippen LogP) is 7.58. The third-order valence-electron chi connectivity index (χ3n) is 7.38. The molecule has 0 unspecified atom stereocenters. The molecule has 0 aliphatic carbocycles. The Morgan fingerprint density at radius 1 is 0.795 bits per heavy atom. The fourth-order valence-corrected chi connectivity index (χ4v) is 5.11. The van der Waals surface area contributed by atoms with Crippen molar-refractivity contribution in [3.05, 3.63) is 131 Å². The standard InChI is InChI=1S/C37H35NO6/c1-24(21-35(40)38-20-19-26-15-17-31(41-3)34(22-26)42-4)29-16-18-32(37-30(29)23-33(44-37)25(2)39)43-36(27-11-7-5-8-12-27)28-13-9-6-10-14-28/h5-18,21-23,36H,19-20H2,1-4H3,(H,38,40). The molecule has 7 heteroatoms. The molecule has 0 radical (unpaired) electrons. The van der Waals surface area contributed by atoms with Crippen LogP contribution >= 0.6 is 0 Å². The summed E-state index contributed by atoms with van der Waals surface area (Å²) >= 11 is 0. The summed E-state index contributed by atoms with van der Waals surface area (Å²) in [6.45, 7) is 3.77. The number of ether oxygens (including phenoxy) is 3. The Morgan fingerprint density at radius 2 is 1.43 bits per heavy atom. The minimum absolute atomic E-state index is 0.199. The summed E-state index contributed by atoms with van der Waals surface area (Å²) in [4.78, 5) is 25.2. The second kappa shape index (κ2) is 13.8. The average Bonchev–Trinajstić information content (AvgIpc) is 3.51. The van der Waals surface area contributed by atoms with Crippen molar-refractivity contribution in [2.75, 3.05) is 20.8 Å². The third kappa shape index (κ3) is 6.84. The molecule has 5 aromatic rings. The van der Waals surface area contributed by atoms with Gasteiger partial charge in [-0.3, -0.25) is 9.59 Å². The van der Waals surface area contributed by atoms with Gasteiger partial charge in [-0.2, -0.15) is 0 Å². The van der Waals surface area contributed by atoms with Crippen LogP contribution in [0, 0.1) is 0 Å². The Bertz CT molecular complexity index is 1750. The smallest absolute Gasteiger partial charge is 0.244 e. The molecule has 5 rings (SSSR count). The highest BCUT2D eigenvalue weighted by molar-refractivity contribution is 6.03. The highest BCUT2D eigenvalue weighted by Gasteiger charge is 2.22. The second-order valence-electron chi connectivity index (χ2n) is 10.4. The SMILES string of the molecule is COc1ccc(CCNC(=O)C=C(C)c2ccc(OC(c3ccccc3)c3ccccc3)c3oc(C(C)=O)cc23)cc1OC. The lowest BCUT2D eigenvalue weighted by Crippen LogP contribution is -2.23. The average molecular weight is 590 g/mol. The molecule has 1 heterocycles. The maximum atomic E-state index is 12.9. The van der Waals surface area contributed by atoms with Crippen LogP contribution in [0.25, 0.3) is 16.5 Å².